The van der Waals surface area contributed by atoms with Crippen molar-refractivity contribution in [2.24, 2.45) is 4.99 Å². The molecule has 4 rings (SSSR count). The zero-order valence-electron chi connectivity index (χ0n) is 13.3. The topological polar surface area (TPSA) is 28.5 Å². The fourth-order valence-electron chi connectivity index (χ4n) is 2.70. The molecule has 1 aliphatic rings. The van der Waals surface area contributed by atoms with E-state index in [9.17, 15) is 4.39 Å². The van der Waals surface area contributed by atoms with Crippen LogP contribution in [0.5, 0.6) is 0 Å². The van der Waals surface area contributed by atoms with Crippen LogP contribution in [0.25, 0.3) is 22.4 Å². The highest BCUT2D eigenvalue weighted by Gasteiger charge is 2.15. The predicted octanol–water partition coefficient (Wildman–Crippen LogP) is 5.82. The molecule has 2 heterocycles. The SMILES string of the molecule is CN1C=Nc2ccc(-c3cccnc3-c3ccc(F)c(Cl)c3)cc2S1. The minimum Gasteiger partial charge on any atom is -0.306 e. The minimum absolute atomic E-state index is 0.0889. The second-order valence-corrected chi connectivity index (χ2v) is 7.20. The lowest BCUT2D eigenvalue weighted by Crippen LogP contribution is -2.08. The summed E-state index contributed by atoms with van der Waals surface area (Å²) in [7, 11) is 1.96. The molecule has 25 heavy (non-hydrogen) atoms. The number of hydrogen-bond acceptors (Lipinski definition) is 4. The summed E-state index contributed by atoms with van der Waals surface area (Å²) in [5.41, 5.74) is 4.48. The van der Waals surface area contributed by atoms with Gasteiger partial charge in [0.25, 0.3) is 0 Å². The Labute approximate surface area is 154 Å². The number of hydrogen-bond donors (Lipinski definition) is 0. The number of nitrogens with zero attached hydrogens (tertiary/aromatic N) is 3. The lowest BCUT2D eigenvalue weighted by molar-refractivity contribution is 0.628. The van der Waals surface area contributed by atoms with Gasteiger partial charge in [-0.05, 0) is 53.9 Å². The Kier molecular flexibility index (Phi) is 4.19. The van der Waals surface area contributed by atoms with Gasteiger partial charge in [0.05, 0.1) is 21.3 Å². The third-order valence-electron chi connectivity index (χ3n) is 3.87. The highest BCUT2D eigenvalue weighted by Crippen LogP contribution is 2.39. The number of aromatic nitrogens is 1. The zero-order valence-corrected chi connectivity index (χ0v) is 14.9. The normalized spacial score (nSPS) is 13.0. The molecule has 6 heteroatoms. The Morgan fingerprint density at radius 2 is 1.92 bits per heavy atom. The number of rotatable bonds is 2. The molecule has 1 aromatic heterocycles. The van der Waals surface area contributed by atoms with E-state index >= 15 is 0 Å². The van der Waals surface area contributed by atoms with Gasteiger partial charge in [-0.2, -0.15) is 0 Å². The first-order valence-corrected chi connectivity index (χ1v) is 8.77. The molecule has 2 aromatic carbocycles. The largest absolute Gasteiger partial charge is 0.306 e. The van der Waals surface area contributed by atoms with E-state index in [-0.39, 0.29) is 5.02 Å². The van der Waals surface area contributed by atoms with Crippen LogP contribution in [0.15, 0.2) is 64.6 Å². The summed E-state index contributed by atoms with van der Waals surface area (Å²) < 4.78 is 15.4. The summed E-state index contributed by atoms with van der Waals surface area (Å²) >= 11 is 7.57. The fraction of sp³-hybridized carbons (Fsp3) is 0.0526. The molecule has 0 unspecified atom stereocenters. The molecule has 3 aromatic rings. The Bertz CT molecular complexity index is 990. The Balaban J connectivity index is 1.83. The molecule has 3 nitrogen and oxygen atoms in total. The second kappa shape index (κ2) is 6.50. The van der Waals surface area contributed by atoms with E-state index in [1.807, 2.05) is 35.6 Å². The Hall–Kier alpha value is -2.37. The molecule has 0 aliphatic carbocycles. The van der Waals surface area contributed by atoms with Crippen molar-refractivity contribution < 1.29 is 4.39 Å². The van der Waals surface area contributed by atoms with Crippen LogP contribution >= 0.6 is 23.5 Å². The lowest BCUT2D eigenvalue weighted by atomic mass is 9.99. The standard InChI is InChI=1S/C19H13ClFN3S/c1-24-11-23-17-7-5-12(10-18(17)25-24)14-3-2-8-22-19(14)13-4-6-16(21)15(20)9-13/h2-11H,1H3. The first-order valence-electron chi connectivity index (χ1n) is 7.62. The minimum atomic E-state index is -0.436. The highest BCUT2D eigenvalue weighted by molar-refractivity contribution is 7.97. The fourth-order valence-corrected chi connectivity index (χ4v) is 3.67. The van der Waals surface area contributed by atoms with Crippen LogP contribution in [0.3, 0.4) is 0 Å². The number of halogens is 2. The summed E-state index contributed by atoms with van der Waals surface area (Å²) in [6.45, 7) is 0. The van der Waals surface area contributed by atoms with Crippen molar-refractivity contribution in [3.05, 3.63) is 65.6 Å². The van der Waals surface area contributed by atoms with Crippen LogP contribution in [0.2, 0.25) is 5.02 Å². The second-order valence-electron chi connectivity index (χ2n) is 5.59. The van der Waals surface area contributed by atoms with Crippen LogP contribution in [-0.4, -0.2) is 22.7 Å². The molecule has 0 radical (unpaired) electrons. The van der Waals surface area contributed by atoms with E-state index in [1.54, 1.807) is 36.6 Å². The quantitative estimate of drug-likeness (QED) is 0.533. The van der Waals surface area contributed by atoms with Crippen LogP contribution in [0.1, 0.15) is 0 Å². The average Bonchev–Trinajstić information content (AvgIpc) is 2.63. The molecule has 0 atom stereocenters. The molecular weight excluding hydrogens is 357 g/mol. The lowest BCUT2D eigenvalue weighted by Gasteiger charge is -2.19. The van der Waals surface area contributed by atoms with Crippen molar-refractivity contribution in [3.8, 4) is 22.4 Å². The third kappa shape index (κ3) is 3.13. The van der Waals surface area contributed by atoms with E-state index in [4.69, 9.17) is 11.6 Å². The molecule has 0 saturated carbocycles. The van der Waals surface area contributed by atoms with Crippen LogP contribution in [0, 0.1) is 5.82 Å². The molecule has 0 bridgehead atoms. The van der Waals surface area contributed by atoms with Gasteiger partial charge < -0.3 is 4.31 Å². The van der Waals surface area contributed by atoms with Gasteiger partial charge in [-0.25, -0.2) is 9.38 Å². The van der Waals surface area contributed by atoms with Crippen LogP contribution in [-0.2, 0) is 0 Å². The van der Waals surface area contributed by atoms with Crippen LogP contribution < -0.4 is 0 Å². The first kappa shape index (κ1) is 16.1. The van der Waals surface area contributed by atoms with Crippen molar-refractivity contribution in [2.75, 3.05) is 7.05 Å². The third-order valence-corrected chi connectivity index (χ3v) is 5.07. The number of aliphatic imine (C=N–C) groups is 1. The number of benzene rings is 2. The molecule has 0 amide bonds. The summed E-state index contributed by atoms with van der Waals surface area (Å²) in [5.74, 6) is -0.436. The smallest absolute Gasteiger partial charge is 0.141 e. The van der Waals surface area contributed by atoms with Gasteiger partial charge in [0, 0.05) is 24.4 Å². The van der Waals surface area contributed by atoms with Gasteiger partial charge in [0.1, 0.15) is 12.2 Å². The number of fused-ring (bicyclic) bond motifs is 1. The van der Waals surface area contributed by atoms with Crippen molar-refractivity contribution >= 4 is 35.6 Å². The molecule has 0 spiro atoms. The average molecular weight is 370 g/mol. The van der Waals surface area contributed by atoms with Gasteiger partial charge >= 0.3 is 0 Å². The summed E-state index contributed by atoms with van der Waals surface area (Å²) in [6.07, 6.45) is 3.52. The molecular formula is C19H13ClFN3S. The molecule has 0 saturated heterocycles. The van der Waals surface area contributed by atoms with E-state index in [0.29, 0.717) is 0 Å². The van der Waals surface area contributed by atoms with E-state index in [1.165, 1.54) is 6.07 Å². The van der Waals surface area contributed by atoms with E-state index in [2.05, 4.69) is 16.0 Å². The Morgan fingerprint density at radius 1 is 1.08 bits per heavy atom. The first-order chi connectivity index (χ1) is 12.1. The highest BCUT2D eigenvalue weighted by atomic mass is 35.5. The van der Waals surface area contributed by atoms with Gasteiger partial charge in [-0.15, -0.1) is 0 Å². The van der Waals surface area contributed by atoms with Crippen LogP contribution in [0.4, 0.5) is 10.1 Å². The van der Waals surface area contributed by atoms with Gasteiger partial charge in [0.15, 0.2) is 0 Å². The monoisotopic (exact) mass is 369 g/mol. The Morgan fingerprint density at radius 3 is 2.76 bits per heavy atom. The van der Waals surface area contributed by atoms with Gasteiger partial charge in [0.2, 0.25) is 0 Å². The predicted molar refractivity (Wildman–Crippen MR) is 102 cm³/mol. The van der Waals surface area contributed by atoms with Gasteiger partial charge in [-0.1, -0.05) is 23.7 Å². The molecule has 124 valence electrons. The maximum absolute atomic E-state index is 13.5. The molecule has 0 fully saturated rings. The molecule has 0 N–H and O–H groups in total. The van der Waals surface area contributed by atoms with Crippen molar-refractivity contribution in [2.45, 2.75) is 4.90 Å². The van der Waals surface area contributed by atoms with E-state index < -0.39 is 5.82 Å². The number of pyridine rings is 1. The van der Waals surface area contributed by atoms with Crippen molar-refractivity contribution in [3.63, 3.8) is 0 Å². The van der Waals surface area contributed by atoms with Crippen molar-refractivity contribution in [1.82, 2.24) is 9.29 Å². The zero-order chi connectivity index (χ0) is 17.4. The molecule has 1 aliphatic heterocycles. The summed E-state index contributed by atoms with van der Waals surface area (Å²) in [4.78, 5) is 9.99. The van der Waals surface area contributed by atoms with Gasteiger partial charge in [-0.3, -0.25) is 4.98 Å². The maximum Gasteiger partial charge on any atom is 0.141 e. The summed E-state index contributed by atoms with van der Waals surface area (Å²) in [5, 5.41) is 0.0889. The maximum atomic E-state index is 13.5. The van der Waals surface area contributed by atoms with Crippen molar-refractivity contribution in [1.29, 1.82) is 0 Å². The van der Waals surface area contributed by atoms with E-state index in [0.717, 1.165) is 33.0 Å². The summed E-state index contributed by atoms with van der Waals surface area (Å²) in [6, 6.07) is 14.7.